The first-order valence-corrected chi connectivity index (χ1v) is 6.99. The summed E-state index contributed by atoms with van der Waals surface area (Å²) in [4.78, 5) is 0. The van der Waals surface area contributed by atoms with Gasteiger partial charge in [0.2, 0.25) is 0 Å². The number of ether oxygens (including phenoxy) is 2. The van der Waals surface area contributed by atoms with Crippen molar-refractivity contribution in [1.82, 2.24) is 0 Å². The molecular formula is C15H26O2. The van der Waals surface area contributed by atoms with Crippen LogP contribution >= 0.6 is 0 Å². The van der Waals surface area contributed by atoms with Gasteiger partial charge in [-0.05, 0) is 58.8 Å². The summed E-state index contributed by atoms with van der Waals surface area (Å²) in [7, 11) is 0. The van der Waals surface area contributed by atoms with Gasteiger partial charge in [-0.25, -0.2) is 0 Å². The topological polar surface area (TPSA) is 18.5 Å². The lowest BCUT2D eigenvalue weighted by atomic mass is 9.79. The van der Waals surface area contributed by atoms with E-state index in [1.165, 1.54) is 37.7 Å². The molecule has 1 saturated heterocycles. The molecule has 0 spiro atoms. The fraction of sp³-hybridized carbons (Fsp3) is 0.867. The standard InChI is InChI=1S/C15H26O2/c1-12-6-8-13(9-7-12)15(2,3)17-11-14-5-4-10-16-14/h6,13-14H,4-5,7-11H2,1-3H3/t13-,14+/m1/s1. The minimum atomic E-state index is -0.0108. The van der Waals surface area contributed by atoms with Crippen LogP contribution in [0, 0.1) is 5.92 Å². The molecule has 1 aliphatic carbocycles. The number of allylic oxidation sites excluding steroid dienone is 2. The Morgan fingerprint density at radius 1 is 1.41 bits per heavy atom. The van der Waals surface area contributed by atoms with Gasteiger partial charge in [-0.2, -0.15) is 0 Å². The third kappa shape index (κ3) is 3.56. The molecule has 0 aromatic rings. The SMILES string of the molecule is CC1=CC[C@@H](C(C)(C)OC[C@@H]2CCCO2)CC1. The van der Waals surface area contributed by atoms with Crippen LogP contribution < -0.4 is 0 Å². The van der Waals surface area contributed by atoms with Crippen molar-refractivity contribution >= 4 is 0 Å². The Labute approximate surface area is 105 Å². The maximum absolute atomic E-state index is 6.13. The monoisotopic (exact) mass is 238 g/mol. The average Bonchev–Trinajstić information content (AvgIpc) is 2.80. The van der Waals surface area contributed by atoms with Crippen molar-refractivity contribution in [3.63, 3.8) is 0 Å². The zero-order chi connectivity index (χ0) is 12.3. The molecule has 0 bridgehead atoms. The highest BCUT2D eigenvalue weighted by molar-refractivity contribution is 5.05. The molecule has 0 N–H and O–H groups in total. The van der Waals surface area contributed by atoms with Crippen molar-refractivity contribution in [1.29, 1.82) is 0 Å². The molecule has 17 heavy (non-hydrogen) atoms. The molecule has 2 rings (SSSR count). The van der Waals surface area contributed by atoms with Crippen LogP contribution in [0.5, 0.6) is 0 Å². The third-order valence-corrected chi connectivity index (χ3v) is 4.29. The van der Waals surface area contributed by atoms with Gasteiger partial charge in [-0.3, -0.25) is 0 Å². The van der Waals surface area contributed by atoms with E-state index in [1.54, 1.807) is 0 Å². The van der Waals surface area contributed by atoms with Gasteiger partial charge in [0.1, 0.15) is 0 Å². The highest BCUT2D eigenvalue weighted by atomic mass is 16.5. The molecule has 98 valence electrons. The molecule has 0 saturated carbocycles. The van der Waals surface area contributed by atoms with E-state index in [0.29, 0.717) is 12.0 Å². The van der Waals surface area contributed by atoms with Crippen molar-refractivity contribution in [2.24, 2.45) is 5.92 Å². The Morgan fingerprint density at radius 2 is 2.24 bits per heavy atom. The van der Waals surface area contributed by atoms with E-state index in [1.807, 2.05) is 0 Å². The molecule has 1 heterocycles. The molecule has 1 fully saturated rings. The maximum Gasteiger partial charge on any atom is 0.0809 e. The molecular weight excluding hydrogens is 212 g/mol. The normalized spacial score (nSPS) is 30.4. The Bertz CT molecular complexity index is 275. The molecule has 0 aromatic carbocycles. The molecule has 2 nitrogen and oxygen atoms in total. The molecule has 0 amide bonds. The van der Waals surface area contributed by atoms with Crippen molar-refractivity contribution in [2.75, 3.05) is 13.2 Å². The van der Waals surface area contributed by atoms with Gasteiger partial charge < -0.3 is 9.47 Å². The Kier molecular flexibility index (Phi) is 4.26. The molecule has 0 radical (unpaired) electrons. The van der Waals surface area contributed by atoms with Crippen LogP contribution in [0.2, 0.25) is 0 Å². The van der Waals surface area contributed by atoms with Crippen LogP contribution in [-0.2, 0) is 9.47 Å². The summed E-state index contributed by atoms with van der Waals surface area (Å²) in [5.41, 5.74) is 1.53. The number of hydrogen-bond acceptors (Lipinski definition) is 2. The van der Waals surface area contributed by atoms with Gasteiger partial charge in [-0.15, -0.1) is 0 Å². The smallest absolute Gasteiger partial charge is 0.0809 e. The summed E-state index contributed by atoms with van der Waals surface area (Å²) in [5, 5.41) is 0. The van der Waals surface area contributed by atoms with Gasteiger partial charge in [-0.1, -0.05) is 11.6 Å². The van der Waals surface area contributed by atoms with Crippen molar-refractivity contribution < 1.29 is 9.47 Å². The van der Waals surface area contributed by atoms with E-state index in [-0.39, 0.29) is 5.60 Å². The largest absolute Gasteiger partial charge is 0.376 e. The van der Waals surface area contributed by atoms with Gasteiger partial charge in [0.25, 0.3) is 0 Å². The molecule has 0 unspecified atom stereocenters. The fourth-order valence-electron chi connectivity index (χ4n) is 2.80. The zero-order valence-corrected chi connectivity index (χ0v) is 11.5. The highest BCUT2D eigenvalue weighted by Gasteiger charge is 2.32. The second-order valence-corrected chi connectivity index (χ2v) is 6.07. The lowest BCUT2D eigenvalue weighted by Gasteiger charge is -2.36. The molecule has 2 atom stereocenters. The van der Waals surface area contributed by atoms with Gasteiger partial charge >= 0.3 is 0 Å². The van der Waals surface area contributed by atoms with Gasteiger partial charge in [0.05, 0.1) is 18.3 Å². The summed E-state index contributed by atoms with van der Waals surface area (Å²) in [6.07, 6.45) is 8.75. The van der Waals surface area contributed by atoms with Crippen molar-refractivity contribution in [2.45, 2.75) is 64.6 Å². The van der Waals surface area contributed by atoms with Crippen LogP contribution in [0.25, 0.3) is 0 Å². The summed E-state index contributed by atoms with van der Waals surface area (Å²) < 4.78 is 11.7. The Morgan fingerprint density at radius 3 is 2.82 bits per heavy atom. The van der Waals surface area contributed by atoms with Crippen LogP contribution in [0.15, 0.2) is 11.6 Å². The fourth-order valence-corrected chi connectivity index (χ4v) is 2.80. The first kappa shape index (κ1) is 13.1. The van der Waals surface area contributed by atoms with Gasteiger partial charge in [0, 0.05) is 6.61 Å². The summed E-state index contributed by atoms with van der Waals surface area (Å²) in [5.74, 6) is 0.660. The predicted molar refractivity (Wildman–Crippen MR) is 70.1 cm³/mol. The highest BCUT2D eigenvalue weighted by Crippen LogP contribution is 2.34. The van der Waals surface area contributed by atoms with E-state index in [0.717, 1.165) is 13.2 Å². The van der Waals surface area contributed by atoms with Crippen LogP contribution in [0.3, 0.4) is 0 Å². The number of hydrogen-bond donors (Lipinski definition) is 0. The first-order chi connectivity index (χ1) is 8.08. The minimum Gasteiger partial charge on any atom is -0.376 e. The predicted octanol–water partition coefficient (Wildman–Crippen LogP) is 3.71. The maximum atomic E-state index is 6.13. The van der Waals surface area contributed by atoms with E-state index < -0.39 is 0 Å². The minimum absolute atomic E-state index is 0.0108. The molecule has 2 heteroatoms. The zero-order valence-electron chi connectivity index (χ0n) is 11.5. The Hall–Kier alpha value is -0.340. The van der Waals surface area contributed by atoms with E-state index >= 15 is 0 Å². The quantitative estimate of drug-likeness (QED) is 0.695. The third-order valence-electron chi connectivity index (χ3n) is 4.29. The van der Waals surface area contributed by atoms with Crippen LogP contribution in [0.4, 0.5) is 0 Å². The lowest BCUT2D eigenvalue weighted by molar-refractivity contribution is -0.0962. The lowest BCUT2D eigenvalue weighted by Crippen LogP contribution is -2.37. The molecule has 1 aliphatic heterocycles. The van der Waals surface area contributed by atoms with E-state index in [9.17, 15) is 0 Å². The Balaban J connectivity index is 1.80. The summed E-state index contributed by atoms with van der Waals surface area (Å²) >= 11 is 0. The van der Waals surface area contributed by atoms with Crippen molar-refractivity contribution in [3.05, 3.63) is 11.6 Å². The second kappa shape index (κ2) is 5.53. The van der Waals surface area contributed by atoms with Crippen LogP contribution in [0.1, 0.15) is 52.9 Å². The number of rotatable bonds is 4. The first-order valence-electron chi connectivity index (χ1n) is 6.99. The summed E-state index contributed by atoms with van der Waals surface area (Å²) in [6.45, 7) is 8.39. The molecule has 0 aromatic heterocycles. The van der Waals surface area contributed by atoms with Gasteiger partial charge in [0.15, 0.2) is 0 Å². The molecule has 2 aliphatic rings. The van der Waals surface area contributed by atoms with E-state index in [2.05, 4.69) is 26.8 Å². The van der Waals surface area contributed by atoms with Crippen molar-refractivity contribution in [3.8, 4) is 0 Å². The average molecular weight is 238 g/mol. The van der Waals surface area contributed by atoms with E-state index in [4.69, 9.17) is 9.47 Å². The second-order valence-electron chi connectivity index (χ2n) is 6.07. The summed E-state index contributed by atoms with van der Waals surface area (Å²) in [6, 6.07) is 0. The van der Waals surface area contributed by atoms with Crippen LogP contribution in [-0.4, -0.2) is 24.9 Å².